The first kappa shape index (κ1) is 12.9. The lowest BCUT2D eigenvalue weighted by molar-refractivity contribution is -0.143. The Hall–Kier alpha value is -1.51. The zero-order chi connectivity index (χ0) is 12.8. The largest absolute Gasteiger partial charge is 0.493 e. The van der Waals surface area contributed by atoms with Crippen molar-refractivity contribution in [3.63, 3.8) is 0 Å². The highest BCUT2D eigenvalue weighted by Crippen LogP contribution is 2.31. The highest BCUT2D eigenvalue weighted by Gasteiger charge is 2.17. The van der Waals surface area contributed by atoms with E-state index in [9.17, 15) is 4.79 Å². The van der Waals surface area contributed by atoms with Crippen molar-refractivity contribution in [3.05, 3.63) is 35.1 Å². The van der Waals surface area contributed by atoms with Gasteiger partial charge in [0.15, 0.2) is 0 Å². The summed E-state index contributed by atoms with van der Waals surface area (Å²) in [6, 6.07) is 0. The summed E-state index contributed by atoms with van der Waals surface area (Å²) in [5.74, 6) is 1.02. The molecule has 0 aromatic rings. The van der Waals surface area contributed by atoms with Gasteiger partial charge in [0.1, 0.15) is 12.4 Å². The molecule has 2 rings (SSSR count). The molecule has 0 aromatic carbocycles. The van der Waals surface area contributed by atoms with Crippen molar-refractivity contribution in [1.82, 2.24) is 0 Å². The van der Waals surface area contributed by atoms with E-state index < -0.39 is 0 Å². The molecule has 0 saturated heterocycles. The molecule has 0 atom stereocenters. The number of carbonyl (C=O) groups is 1. The number of allylic oxidation sites excluding steroid dienone is 5. The monoisotopic (exact) mass is 248 g/mol. The van der Waals surface area contributed by atoms with Crippen molar-refractivity contribution in [2.24, 2.45) is 0 Å². The van der Waals surface area contributed by atoms with E-state index in [0.717, 1.165) is 31.4 Å². The first-order chi connectivity index (χ1) is 8.81. The third-order valence-corrected chi connectivity index (χ3v) is 3.19. The lowest BCUT2D eigenvalue weighted by Crippen LogP contribution is -2.09. The average molecular weight is 248 g/mol. The van der Waals surface area contributed by atoms with Crippen LogP contribution in [-0.2, 0) is 14.3 Å². The van der Waals surface area contributed by atoms with Gasteiger partial charge in [-0.15, -0.1) is 0 Å². The Morgan fingerprint density at radius 3 is 3.22 bits per heavy atom. The molecule has 0 aromatic heterocycles. The molecule has 3 heteroatoms. The molecular weight excluding hydrogens is 228 g/mol. The fourth-order valence-electron chi connectivity index (χ4n) is 2.33. The van der Waals surface area contributed by atoms with Crippen LogP contribution in [-0.4, -0.2) is 19.2 Å². The summed E-state index contributed by atoms with van der Waals surface area (Å²) >= 11 is 0. The second kappa shape index (κ2) is 6.43. The van der Waals surface area contributed by atoms with Crippen LogP contribution in [0, 0.1) is 0 Å². The fourth-order valence-corrected chi connectivity index (χ4v) is 2.33. The lowest BCUT2D eigenvalue weighted by Gasteiger charge is -2.23. The van der Waals surface area contributed by atoms with Gasteiger partial charge in [0, 0.05) is 18.4 Å². The minimum Gasteiger partial charge on any atom is -0.493 e. The third-order valence-electron chi connectivity index (χ3n) is 3.19. The Kier molecular flexibility index (Phi) is 4.62. The van der Waals surface area contributed by atoms with E-state index in [0.29, 0.717) is 19.6 Å². The molecule has 1 aliphatic carbocycles. The van der Waals surface area contributed by atoms with Gasteiger partial charge in [-0.2, -0.15) is 0 Å². The fraction of sp³-hybridized carbons (Fsp3) is 0.533. The molecule has 0 saturated carbocycles. The van der Waals surface area contributed by atoms with Crippen LogP contribution in [0.15, 0.2) is 35.1 Å². The van der Waals surface area contributed by atoms with Crippen molar-refractivity contribution in [3.8, 4) is 0 Å². The summed E-state index contributed by atoms with van der Waals surface area (Å²) in [6.07, 6.45) is 10.8. The van der Waals surface area contributed by atoms with Gasteiger partial charge in [0.25, 0.3) is 0 Å². The summed E-state index contributed by atoms with van der Waals surface area (Å²) < 4.78 is 10.6. The highest BCUT2D eigenvalue weighted by molar-refractivity contribution is 5.69. The maximum atomic E-state index is 11.3. The predicted molar refractivity (Wildman–Crippen MR) is 69.9 cm³/mol. The molecule has 0 N–H and O–H groups in total. The minimum absolute atomic E-state index is 0.0986. The van der Waals surface area contributed by atoms with E-state index in [-0.39, 0.29) is 5.97 Å². The smallest absolute Gasteiger partial charge is 0.305 e. The van der Waals surface area contributed by atoms with Gasteiger partial charge in [0.05, 0.1) is 6.61 Å². The van der Waals surface area contributed by atoms with Crippen LogP contribution in [0.5, 0.6) is 0 Å². The van der Waals surface area contributed by atoms with Gasteiger partial charge in [0.2, 0.25) is 0 Å². The van der Waals surface area contributed by atoms with E-state index in [1.165, 1.54) is 11.1 Å². The van der Waals surface area contributed by atoms with E-state index in [1.807, 2.05) is 6.92 Å². The zero-order valence-electron chi connectivity index (χ0n) is 10.9. The highest BCUT2D eigenvalue weighted by atomic mass is 16.5. The molecular formula is C15H20O3. The van der Waals surface area contributed by atoms with Gasteiger partial charge >= 0.3 is 5.97 Å². The van der Waals surface area contributed by atoms with Crippen molar-refractivity contribution >= 4 is 5.97 Å². The zero-order valence-corrected chi connectivity index (χ0v) is 10.9. The van der Waals surface area contributed by atoms with Gasteiger partial charge in [-0.25, -0.2) is 0 Å². The third kappa shape index (κ3) is 3.25. The average Bonchev–Trinajstić information content (AvgIpc) is 2.39. The van der Waals surface area contributed by atoms with Crippen molar-refractivity contribution in [1.29, 1.82) is 0 Å². The minimum atomic E-state index is -0.0986. The van der Waals surface area contributed by atoms with Gasteiger partial charge in [-0.3, -0.25) is 4.79 Å². The molecule has 0 radical (unpaired) electrons. The predicted octanol–water partition coefficient (Wildman–Crippen LogP) is 3.28. The van der Waals surface area contributed by atoms with E-state index >= 15 is 0 Å². The first-order valence-electron chi connectivity index (χ1n) is 6.68. The molecule has 0 unspecified atom stereocenters. The second-order valence-electron chi connectivity index (χ2n) is 4.48. The van der Waals surface area contributed by atoms with E-state index in [1.54, 1.807) is 0 Å². The van der Waals surface area contributed by atoms with Crippen molar-refractivity contribution < 1.29 is 14.3 Å². The van der Waals surface area contributed by atoms with Crippen LogP contribution in [0.4, 0.5) is 0 Å². The molecule has 98 valence electrons. The molecule has 3 nitrogen and oxygen atoms in total. The second-order valence-corrected chi connectivity index (χ2v) is 4.48. The number of ether oxygens (including phenoxy) is 2. The van der Waals surface area contributed by atoms with Crippen molar-refractivity contribution in [2.75, 3.05) is 13.2 Å². The standard InChI is InChI=1S/C15H20O3/c1-2-17-15(16)9-5-6-12-10-11-18-14-8-4-3-7-13(12)14/h3,7,10H,2,4-6,8-9,11H2,1H3. The molecule has 0 bridgehead atoms. The number of carbonyl (C=O) groups excluding carboxylic acids is 1. The van der Waals surface area contributed by atoms with Crippen LogP contribution in [0.2, 0.25) is 0 Å². The van der Waals surface area contributed by atoms with Gasteiger partial charge < -0.3 is 9.47 Å². The summed E-state index contributed by atoms with van der Waals surface area (Å²) in [7, 11) is 0. The molecule has 0 amide bonds. The van der Waals surface area contributed by atoms with Gasteiger partial charge in [-0.05, 0) is 37.8 Å². The Balaban J connectivity index is 1.86. The Morgan fingerprint density at radius 2 is 2.39 bits per heavy atom. The lowest BCUT2D eigenvalue weighted by atomic mass is 9.92. The quantitative estimate of drug-likeness (QED) is 0.700. The first-order valence-corrected chi connectivity index (χ1v) is 6.68. The van der Waals surface area contributed by atoms with Crippen LogP contribution in [0.1, 0.15) is 39.0 Å². The Bertz CT molecular complexity index is 398. The Labute approximate surface area is 108 Å². The molecule has 2 aliphatic rings. The molecule has 0 fully saturated rings. The summed E-state index contributed by atoms with van der Waals surface area (Å²) in [5.41, 5.74) is 2.55. The van der Waals surface area contributed by atoms with Crippen molar-refractivity contribution in [2.45, 2.75) is 39.0 Å². The summed E-state index contributed by atoms with van der Waals surface area (Å²) in [4.78, 5) is 11.3. The molecule has 0 spiro atoms. The Morgan fingerprint density at radius 1 is 1.50 bits per heavy atom. The number of rotatable bonds is 5. The topological polar surface area (TPSA) is 35.5 Å². The summed E-state index contributed by atoms with van der Waals surface area (Å²) in [6.45, 7) is 2.97. The van der Waals surface area contributed by atoms with E-state index in [2.05, 4.69) is 18.2 Å². The molecule has 1 aliphatic heterocycles. The number of hydrogen-bond donors (Lipinski definition) is 0. The molecule has 1 heterocycles. The van der Waals surface area contributed by atoms with Crippen LogP contribution in [0.3, 0.4) is 0 Å². The molecule has 18 heavy (non-hydrogen) atoms. The van der Waals surface area contributed by atoms with E-state index in [4.69, 9.17) is 9.47 Å². The number of esters is 1. The normalized spacial score (nSPS) is 17.9. The number of hydrogen-bond acceptors (Lipinski definition) is 3. The van der Waals surface area contributed by atoms with Crippen LogP contribution in [0.25, 0.3) is 0 Å². The van der Waals surface area contributed by atoms with Crippen LogP contribution >= 0.6 is 0 Å². The summed E-state index contributed by atoms with van der Waals surface area (Å²) in [5, 5.41) is 0. The maximum absolute atomic E-state index is 11.3. The maximum Gasteiger partial charge on any atom is 0.305 e. The van der Waals surface area contributed by atoms with Crippen LogP contribution < -0.4 is 0 Å². The SMILES string of the molecule is CCOC(=O)CCCC1=CCOC2=C1C=CCC2. The van der Waals surface area contributed by atoms with Gasteiger partial charge in [-0.1, -0.05) is 12.2 Å².